The largest absolute Gasteiger partial charge is 0.469 e. The van der Waals surface area contributed by atoms with Gasteiger partial charge in [-0.15, -0.1) is 0 Å². The summed E-state index contributed by atoms with van der Waals surface area (Å²) >= 11 is 0. The highest BCUT2D eigenvalue weighted by Crippen LogP contribution is 2.69. The fraction of sp³-hybridized carbons (Fsp3) is 0.968. The van der Waals surface area contributed by atoms with Gasteiger partial charge < -0.3 is 13.6 Å². The molecular weight excluding hydrogens is 493 g/mol. The Labute approximate surface area is 230 Å². The number of ether oxygens (including phenoxy) is 1. The summed E-state index contributed by atoms with van der Waals surface area (Å²) in [7, 11) is -1.69. The smallest absolute Gasteiger partial charge is 0.305 e. The first kappa shape index (κ1) is 29.8. The fourth-order valence-corrected chi connectivity index (χ4v) is 12.3. The molecule has 214 valence electrons. The van der Waals surface area contributed by atoms with Crippen LogP contribution in [0.2, 0.25) is 39.3 Å². The average Bonchev–Trinajstić information content (AvgIpc) is 3.13. The summed E-state index contributed by atoms with van der Waals surface area (Å²) in [5.41, 5.74) is 0.804. The number of fused-ring (bicyclic) bond motifs is 5. The van der Waals surface area contributed by atoms with E-state index in [1.54, 1.807) is 0 Å². The zero-order valence-electron chi connectivity index (χ0n) is 25.8. The van der Waals surface area contributed by atoms with Crippen molar-refractivity contribution < 1.29 is 18.4 Å². The Bertz CT molecular complexity index is 819. The van der Waals surface area contributed by atoms with Gasteiger partial charge in [-0.05, 0) is 143 Å². The maximum absolute atomic E-state index is 11.9. The van der Waals surface area contributed by atoms with Crippen LogP contribution in [0.25, 0.3) is 0 Å². The van der Waals surface area contributed by atoms with Gasteiger partial charge in [0.05, 0.1) is 7.11 Å². The lowest BCUT2D eigenvalue weighted by Gasteiger charge is -2.64. The quantitative estimate of drug-likeness (QED) is 0.225. The molecule has 0 saturated heterocycles. The Morgan fingerprint density at radius 1 is 0.865 bits per heavy atom. The molecule has 4 aliphatic rings. The Kier molecular flexibility index (Phi) is 8.59. The highest BCUT2D eigenvalue weighted by molar-refractivity contribution is 6.70. The first-order chi connectivity index (χ1) is 17.1. The molecule has 0 aromatic rings. The van der Waals surface area contributed by atoms with E-state index in [4.69, 9.17) is 13.6 Å². The second-order valence-corrected chi connectivity index (χ2v) is 24.9. The standard InChI is InChI=1S/C31H58O4Si2/c1-21(11-14-28(32)33-4)24-12-13-25-29-26(16-18-31(24,25)3)30(2)17-15-23(34-36(5,6)7)19-22(30)20-27(29)35-37(8,9)10/h21-27,29H,11-20H2,1-10H3/t21-,22?,23?,24-,25?,26?,27?,29?,30+,31-/m1/s1. The molecule has 0 spiro atoms. The molecule has 10 atom stereocenters. The first-order valence-electron chi connectivity index (χ1n) is 15.5. The van der Waals surface area contributed by atoms with E-state index >= 15 is 0 Å². The molecule has 6 unspecified atom stereocenters. The number of rotatable bonds is 8. The highest BCUT2D eigenvalue weighted by atomic mass is 28.4. The molecule has 4 rings (SSSR count). The molecule has 4 fully saturated rings. The number of carbonyl (C=O) groups excluding carboxylic acids is 1. The summed E-state index contributed by atoms with van der Waals surface area (Å²) in [6.07, 6.45) is 12.8. The normalized spacial score (nSPS) is 42.9. The van der Waals surface area contributed by atoms with Crippen molar-refractivity contribution in [3.05, 3.63) is 0 Å². The maximum atomic E-state index is 11.9. The number of esters is 1. The third-order valence-corrected chi connectivity index (χ3v) is 13.5. The Hall–Kier alpha value is -0.176. The van der Waals surface area contributed by atoms with Crippen LogP contribution in [0.4, 0.5) is 0 Å². The van der Waals surface area contributed by atoms with Crippen LogP contribution in [0.5, 0.6) is 0 Å². The molecule has 6 heteroatoms. The highest BCUT2D eigenvalue weighted by Gasteiger charge is 2.63. The van der Waals surface area contributed by atoms with Crippen LogP contribution >= 0.6 is 0 Å². The molecule has 0 aliphatic heterocycles. The van der Waals surface area contributed by atoms with Crippen LogP contribution in [0.3, 0.4) is 0 Å². The molecule has 0 bridgehead atoms. The lowest BCUT2D eigenvalue weighted by Crippen LogP contribution is -2.60. The summed E-state index contributed by atoms with van der Waals surface area (Å²) in [4.78, 5) is 11.9. The van der Waals surface area contributed by atoms with E-state index in [-0.39, 0.29) is 5.97 Å². The monoisotopic (exact) mass is 550 g/mol. The van der Waals surface area contributed by atoms with Gasteiger partial charge in [-0.25, -0.2) is 0 Å². The van der Waals surface area contributed by atoms with Crippen molar-refractivity contribution in [1.29, 1.82) is 0 Å². The predicted molar refractivity (Wildman–Crippen MR) is 157 cm³/mol. The zero-order valence-corrected chi connectivity index (χ0v) is 27.8. The topological polar surface area (TPSA) is 44.8 Å². The Morgan fingerprint density at radius 3 is 2.11 bits per heavy atom. The van der Waals surface area contributed by atoms with Crippen molar-refractivity contribution in [2.24, 2.45) is 46.3 Å². The van der Waals surface area contributed by atoms with Crippen LogP contribution in [0, 0.1) is 46.3 Å². The van der Waals surface area contributed by atoms with E-state index in [9.17, 15) is 4.79 Å². The van der Waals surface area contributed by atoms with Crippen molar-refractivity contribution >= 4 is 22.6 Å². The number of hydrogen-bond acceptors (Lipinski definition) is 4. The van der Waals surface area contributed by atoms with E-state index in [0.29, 0.717) is 47.2 Å². The molecule has 0 aromatic carbocycles. The van der Waals surface area contributed by atoms with E-state index in [0.717, 1.165) is 24.2 Å². The molecular formula is C31H58O4Si2. The molecule has 4 nitrogen and oxygen atoms in total. The summed E-state index contributed by atoms with van der Waals surface area (Å²) in [6, 6.07) is 0. The van der Waals surface area contributed by atoms with Crippen molar-refractivity contribution in [3.8, 4) is 0 Å². The third kappa shape index (κ3) is 6.12. The van der Waals surface area contributed by atoms with Gasteiger partial charge in [-0.3, -0.25) is 4.79 Å². The molecule has 4 aliphatic carbocycles. The van der Waals surface area contributed by atoms with Crippen LogP contribution in [-0.4, -0.2) is 41.9 Å². The first-order valence-corrected chi connectivity index (χ1v) is 22.3. The fourth-order valence-electron chi connectivity index (χ4n) is 9.97. The van der Waals surface area contributed by atoms with Gasteiger partial charge in [0.1, 0.15) is 0 Å². The predicted octanol–water partition coefficient (Wildman–Crippen LogP) is 8.28. The van der Waals surface area contributed by atoms with Gasteiger partial charge in [0.25, 0.3) is 0 Å². The molecule has 0 amide bonds. The van der Waals surface area contributed by atoms with E-state index in [1.807, 2.05) is 0 Å². The summed E-state index contributed by atoms with van der Waals surface area (Å²) in [5, 5.41) is 0. The maximum Gasteiger partial charge on any atom is 0.305 e. The van der Waals surface area contributed by atoms with Crippen molar-refractivity contribution in [3.63, 3.8) is 0 Å². The molecule has 0 N–H and O–H groups in total. The molecule has 0 heterocycles. The lowest BCUT2D eigenvalue weighted by molar-refractivity contribution is -0.168. The van der Waals surface area contributed by atoms with Crippen LogP contribution in [0.15, 0.2) is 0 Å². The van der Waals surface area contributed by atoms with E-state index in [1.165, 1.54) is 58.5 Å². The van der Waals surface area contributed by atoms with Gasteiger partial charge in [0.15, 0.2) is 16.6 Å². The van der Waals surface area contributed by atoms with Crippen molar-refractivity contribution in [2.45, 2.75) is 136 Å². The van der Waals surface area contributed by atoms with Crippen molar-refractivity contribution in [1.82, 2.24) is 0 Å². The minimum Gasteiger partial charge on any atom is -0.469 e. The zero-order chi connectivity index (χ0) is 27.4. The van der Waals surface area contributed by atoms with Gasteiger partial charge in [-0.1, -0.05) is 20.8 Å². The molecule has 37 heavy (non-hydrogen) atoms. The Balaban J connectivity index is 1.59. The minimum absolute atomic E-state index is 0.0567. The van der Waals surface area contributed by atoms with E-state index in [2.05, 4.69) is 60.1 Å². The number of hydrogen-bond donors (Lipinski definition) is 0. The SMILES string of the molecule is COC(=O)CC[C@@H](C)[C@H]1CCC2C3C(O[Si](C)(C)C)CC4CC(O[Si](C)(C)C)CC[C@]4(C)C3CC[C@@]21C. The second kappa shape index (κ2) is 10.7. The van der Waals surface area contributed by atoms with Crippen LogP contribution in [-0.2, 0) is 18.4 Å². The summed E-state index contributed by atoms with van der Waals surface area (Å²) in [6.45, 7) is 21.9. The molecule has 4 saturated carbocycles. The Morgan fingerprint density at radius 2 is 1.49 bits per heavy atom. The summed E-state index contributed by atoms with van der Waals surface area (Å²) in [5.74, 6) is 4.18. The van der Waals surface area contributed by atoms with Gasteiger partial charge in [-0.2, -0.15) is 0 Å². The minimum atomic E-state index is -1.67. The third-order valence-electron chi connectivity index (χ3n) is 11.4. The summed E-state index contributed by atoms with van der Waals surface area (Å²) < 4.78 is 18.8. The molecule has 0 aromatic heterocycles. The van der Waals surface area contributed by atoms with Crippen molar-refractivity contribution in [2.75, 3.05) is 7.11 Å². The van der Waals surface area contributed by atoms with Gasteiger partial charge in [0, 0.05) is 18.6 Å². The van der Waals surface area contributed by atoms with Gasteiger partial charge >= 0.3 is 5.97 Å². The van der Waals surface area contributed by atoms with Gasteiger partial charge in [0.2, 0.25) is 0 Å². The lowest BCUT2D eigenvalue weighted by atomic mass is 9.43. The number of carbonyl (C=O) groups is 1. The van der Waals surface area contributed by atoms with E-state index < -0.39 is 16.6 Å². The molecule has 0 radical (unpaired) electrons. The van der Waals surface area contributed by atoms with Crippen LogP contribution < -0.4 is 0 Å². The average molecular weight is 551 g/mol. The second-order valence-electron chi connectivity index (χ2n) is 15.9. The van der Waals surface area contributed by atoms with Crippen LogP contribution in [0.1, 0.15) is 85.0 Å². The number of methoxy groups -OCH3 is 1.